The second kappa shape index (κ2) is 4.99. The molecule has 0 spiro atoms. The summed E-state index contributed by atoms with van der Waals surface area (Å²) in [6.45, 7) is 4.35. The van der Waals surface area contributed by atoms with E-state index in [-0.39, 0.29) is 0 Å². The first-order valence-electron chi connectivity index (χ1n) is 7.59. The van der Waals surface area contributed by atoms with Crippen LogP contribution in [0, 0.1) is 6.92 Å². The Hall–Kier alpha value is -1.61. The van der Waals surface area contributed by atoms with Crippen LogP contribution in [0.4, 0.5) is 11.4 Å². The Morgan fingerprint density at radius 2 is 2.10 bits per heavy atom. The van der Waals surface area contributed by atoms with Crippen molar-refractivity contribution < 1.29 is 0 Å². The molecule has 108 valence electrons. The van der Waals surface area contributed by atoms with Crippen molar-refractivity contribution in [2.75, 3.05) is 23.7 Å². The number of nitrogen functional groups attached to an aromatic ring is 1. The molecule has 1 unspecified atom stereocenters. The molecule has 2 aromatic carbocycles. The first-order chi connectivity index (χ1) is 10.2. The molecule has 0 aromatic heterocycles. The van der Waals surface area contributed by atoms with E-state index in [1.807, 2.05) is 11.8 Å². The van der Waals surface area contributed by atoms with E-state index >= 15 is 0 Å². The van der Waals surface area contributed by atoms with Crippen molar-refractivity contribution in [3.63, 3.8) is 0 Å². The van der Waals surface area contributed by atoms with Gasteiger partial charge in [0.1, 0.15) is 0 Å². The van der Waals surface area contributed by atoms with Crippen LogP contribution in [0.15, 0.2) is 41.3 Å². The SMILES string of the molecule is Cc1cc2c(cc1N)N(CC1Cc3ccccc3S1)CC2. The molecule has 0 amide bonds. The fraction of sp³-hybridized carbons (Fsp3) is 0.333. The van der Waals surface area contributed by atoms with Crippen molar-refractivity contribution in [2.45, 2.75) is 29.9 Å². The van der Waals surface area contributed by atoms with E-state index < -0.39 is 0 Å². The number of nitrogens with two attached hydrogens (primary N) is 1. The average molecular weight is 296 g/mol. The van der Waals surface area contributed by atoms with Crippen LogP contribution in [0.1, 0.15) is 16.7 Å². The van der Waals surface area contributed by atoms with E-state index in [1.54, 1.807) is 0 Å². The number of thioether (sulfide) groups is 1. The lowest BCUT2D eigenvalue weighted by molar-refractivity contribution is 0.773. The highest BCUT2D eigenvalue weighted by Gasteiger charge is 2.27. The Labute approximate surface area is 130 Å². The van der Waals surface area contributed by atoms with E-state index in [0.29, 0.717) is 5.25 Å². The number of benzene rings is 2. The third-order valence-electron chi connectivity index (χ3n) is 4.60. The van der Waals surface area contributed by atoms with Crippen LogP contribution in [-0.2, 0) is 12.8 Å². The summed E-state index contributed by atoms with van der Waals surface area (Å²) in [5.74, 6) is 0. The summed E-state index contributed by atoms with van der Waals surface area (Å²) >= 11 is 2.03. The van der Waals surface area contributed by atoms with Gasteiger partial charge in [0.05, 0.1) is 0 Å². The lowest BCUT2D eigenvalue weighted by atomic mass is 10.1. The van der Waals surface area contributed by atoms with Gasteiger partial charge in [-0.2, -0.15) is 0 Å². The van der Waals surface area contributed by atoms with Crippen molar-refractivity contribution >= 4 is 23.1 Å². The van der Waals surface area contributed by atoms with Gasteiger partial charge in [-0.05, 0) is 48.6 Å². The van der Waals surface area contributed by atoms with Crippen molar-refractivity contribution in [1.82, 2.24) is 0 Å². The van der Waals surface area contributed by atoms with Crippen molar-refractivity contribution in [3.05, 3.63) is 53.1 Å². The standard InChI is InChI=1S/C18H20N2S/c1-12-8-13-6-7-20(17(13)10-16(12)19)11-15-9-14-4-2-3-5-18(14)21-15/h2-5,8,10,15H,6-7,9,11,19H2,1H3. The normalized spacial score (nSPS) is 19.7. The van der Waals surface area contributed by atoms with E-state index in [4.69, 9.17) is 5.73 Å². The van der Waals surface area contributed by atoms with Gasteiger partial charge >= 0.3 is 0 Å². The first kappa shape index (κ1) is 13.1. The van der Waals surface area contributed by atoms with Gasteiger partial charge in [-0.1, -0.05) is 24.3 Å². The van der Waals surface area contributed by atoms with Crippen LogP contribution in [0.25, 0.3) is 0 Å². The van der Waals surface area contributed by atoms with Crippen LogP contribution in [0.2, 0.25) is 0 Å². The molecule has 0 fully saturated rings. The molecule has 4 rings (SSSR count). The molecule has 0 radical (unpaired) electrons. The van der Waals surface area contributed by atoms with Gasteiger partial charge in [-0.15, -0.1) is 11.8 Å². The highest BCUT2D eigenvalue weighted by Crippen LogP contribution is 2.39. The summed E-state index contributed by atoms with van der Waals surface area (Å²) in [6, 6.07) is 13.2. The smallest absolute Gasteiger partial charge is 0.0420 e. The molecular formula is C18H20N2S. The van der Waals surface area contributed by atoms with E-state index in [1.165, 1.54) is 33.7 Å². The zero-order valence-corrected chi connectivity index (χ0v) is 13.1. The fourth-order valence-electron chi connectivity index (χ4n) is 3.43. The molecule has 0 saturated heterocycles. The Morgan fingerprint density at radius 1 is 1.24 bits per heavy atom. The molecule has 1 atom stereocenters. The summed E-state index contributed by atoms with van der Waals surface area (Å²) in [5.41, 5.74) is 12.6. The fourth-order valence-corrected chi connectivity index (χ4v) is 4.77. The molecule has 3 heteroatoms. The van der Waals surface area contributed by atoms with Crippen LogP contribution in [-0.4, -0.2) is 18.3 Å². The Kier molecular flexibility index (Phi) is 3.11. The average Bonchev–Trinajstić information content (AvgIpc) is 3.04. The third kappa shape index (κ3) is 2.30. The van der Waals surface area contributed by atoms with Gasteiger partial charge in [0, 0.05) is 34.6 Å². The third-order valence-corrected chi connectivity index (χ3v) is 5.90. The second-order valence-corrected chi connectivity index (χ2v) is 7.43. The summed E-state index contributed by atoms with van der Waals surface area (Å²) in [5, 5.41) is 0.663. The highest BCUT2D eigenvalue weighted by molar-refractivity contribution is 8.00. The summed E-state index contributed by atoms with van der Waals surface area (Å²) in [6.07, 6.45) is 2.34. The molecule has 2 nitrogen and oxygen atoms in total. The van der Waals surface area contributed by atoms with Gasteiger partial charge < -0.3 is 10.6 Å². The van der Waals surface area contributed by atoms with Crippen molar-refractivity contribution in [3.8, 4) is 0 Å². The predicted molar refractivity (Wildman–Crippen MR) is 91.3 cm³/mol. The summed E-state index contributed by atoms with van der Waals surface area (Å²) in [7, 11) is 0. The number of aryl methyl sites for hydroxylation is 1. The maximum Gasteiger partial charge on any atom is 0.0420 e. The number of rotatable bonds is 2. The summed E-state index contributed by atoms with van der Waals surface area (Å²) in [4.78, 5) is 3.99. The molecule has 0 saturated carbocycles. The molecule has 2 aliphatic heterocycles. The van der Waals surface area contributed by atoms with E-state index in [2.05, 4.69) is 48.2 Å². The zero-order chi connectivity index (χ0) is 14.4. The lowest BCUT2D eigenvalue weighted by Crippen LogP contribution is -2.29. The largest absolute Gasteiger partial charge is 0.398 e. The van der Waals surface area contributed by atoms with Crippen LogP contribution in [0.3, 0.4) is 0 Å². The molecular weight excluding hydrogens is 276 g/mol. The Bertz CT molecular complexity index is 671. The molecule has 2 heterocycles. The Morgan fingerprint density at radius 3 is 2.95 bits per heavy atom. The zero-order valence-electron chi connectivity index (χ0n) is 12.3. The van der Waals surface area contributed by atoms with Crippen molar-refractivity contribution in [1.29, 1.82) is 0 Å². The number of hydrogen-bond acceptors (Lipinski definition) is 3. The molecule has 2 N–H and O–H groups in total. The molecule has 2 aliphatic rings. The number of nitrogens with zero attached hydrogens (tertiary/aromatic N) is 1. The van der Waals surface area contributed by atoms with Crippen LogP contribution in [0.5, 0.6) is 0 Å². The molecule has 0 aliphatic carbocycles. The van der Waals surface area contributed by atoms with E-state index in [0.717, 1.165) is 25.2 Å². The first-order valence-corrected chi connectivity index (χ1v) is 8.47. The maximum atomic E-state index is 6.10. The topological polar surface area (TPSA) is 29.3 Å². The number of anilines is 2. The minimum atomic E-state index is 0.663. The molecule has 0 bridgehead atoms. The highest BCUT2D eigenvalue weighted by atomic mass is 32.2. The molecule has 21 heavy (non-hydrogen) atoms. The van der Waals surface area contributed by atoms with Gasteiger partial charge in [-0.25, -0.2) is 0 Å². The monoisotopic (exact) mass is 296 g/mol. The Balaban J connectivity index is 1.53. The quantitative estimate of drug-likeness (QED) is 0.858. The molecule has 2 aromatic rings. The lowest BCUT2D eigenvalue weighted by Gasteiger charge is -2.23. The second-order valence-electron chi connectivity index (χ2n) is 6.09. The number of hydrogen-bond donors (Lipinski definition) is 1. The number of fused-ring (bicyclic) bond motifs is 2. The van der Waals surface area contributed by atoms with Crippen LogP contribution < -0.4 is 10.6 Å². The van der Waals surface area contributed by atoms with Crippen LogP contribution >= 0.6 is 11.8 Å². The van der Waals surface area contributed by atoms with Gasteiger partial charge in [0.2, 0.25) is 0 Å². The summed E-state index contributed by atoms with van der Waals surface area (Å²) < 4.78 is 0. The minimum Gasteiger partial charge on any atom is -0.398 e. The predicted octanol–water partition coefficient (Wildman–Crippen LogP) is 3.66. The van der Waals surface area contributed by atoms with E-state index in [9.17, 15) is 0 Å². The van der Waals surface area contributed by atoms with Gasteiger partial charge in [0.25, 0.3) is 0 Å². The van der Waals surface area contributed by atoms with Gasteiger partial charge in [-0.3, -0.25) is 0 Å². The maximum absolute atomic E-state index is 6.10. The minimum absolute atomic E-state index is 0.663. The van der Waals surface area contributed by atoms with Crippen molar-refractivity contribution in [2.24, 2.45) is 0 Å². The van der Waals surface area contributed by atoms with Gasteiger partial charge in [0.15, 0.2) is 0 Å².